The number of hydrogen-bond acceptors (Lipinski definition) is 5. The molecule has 1 unspecified atom stereocenters. The molecule has 1 fully saturated rings. The highest BCUT2D eigenvalue weighted by atomic mass is 32.2. The third-order valence-electron chi connectivity index (χ3n) is 3.73. The minimum absolute atomic E-state index is 0.0886. The summed E-state index contributed by atoms with van der Waals surface area (Å²) >= 11 is 6.38. The van der Waals surface area contributed by atoms with Crippen LogP contribution in [0, 0.1) is 0 Å². The van der Waals surface area contributed by atoms with E-state index in [1.165, 1.54) is 16.7 Å². The summed E-state index contributed by atoms with van der Waals surface area (Å²) in [6.07, 6.45) is 3.46. The normalized spacial score (nSPS) is 21.5. The summed E-state index contributed by atoms with van der Waals surface area (Å²) < 4.78 is 6.25. The van der Waals surface area contributed by atoms with Crippen molar-refractivity contribution in [3.8, 4) is 5.75 Å². The van der Waals surface area contributed by atoms with Gasteiger partial charge in [-0.15, -0.1) is 0 Å². The number of carboxylic acid groups (broad SMARTS) is 1. The highest BCUT2D eigenvalue weighted by Crippen LogP contribution is 2.35. The third kappa shape index (κ3) is 3.37. The first kappa shape index (κ1) is 16.7. The molecule has 1 N–H and O–H groups in total. The van der Waals surface area contributed by atoms with Crippen LogP contribution in [-0.4, -0.2) is 38.9 Å². The Bertz CT molecular complexity index is 785. The van der Waals surface area contributed by atoms with Gasteiger partial charge in [-0.2, -0.15) is 0 Å². The summed E-state index contributed by atoms with van der Waals surface area (Å²) in [5, 5.41) is 8.77. The Morgan fingerprint density at radius 3 is 2.96 bits per heavy atom. The van der Waals surface area contributed by atoms with E-state index >= 15 is 0 Å². The van der Waals surface area contributed by atoms with Crippen LogP contribution in [0.25, 0.3) is 6.08 Å². The summed E-state index contributed by atoms with van der Waals surface area (Å²) in [5.74, 6) is -0.393. The van der Waals surface area contributed by atoms with Gasteiger partial charge < -0.3 is 9.84 Å². The van der Waals surface area contributed by atoms with Gasteiger partial charge in [-0.25, -0.2) is 0 Å². The van der Waals surface area contributed by atoms with Crippen molar-refractivity contribution in [1.82, 2.24) is 4.90 Å². The maximum atomic E-state index is 12.4. The van der Waals surface area contributed by atoms with Crippen molar-refractivity contribution in [3.63, 3.8) is 0 Å². The molecule has 1 aromatic rings. The number of benzene rings is 1. The molecule has 2 aliphatic rings. The molecule has 1 amide bonds. The Morgan fingerprint density at radius 1 is 1.46 bits per heavy atom. The molecule has 3 rings (SSSR count). The van der Waals surface area contributed by atoms with Gasteiger partial charge in [0.1, 0.15) is 16.2 Å². The molecule has 5 nitrogen and oxygen atoms in total. The minimum atomic E-state index is -0.957. The van der Waals surface area contributed by atoms with E-state index in [1.807, 2.05) is 37.3 Å². The van der Waals surface area contributed by atoms with Gasteiger partial charge in [0.15, 0.2) is 0 Å². The molecule has 24 heavy (non-hydrogen) atoms. The molecule has 1 atom stereocenters. The Labute approximate surface area is 149 Å². The number of carbonyl (C=O) groups excluding carboxylic acids is 1. The number of thiocarbonyl (C=S) groups is 1. The zero-order valence-corrected chi connectivity index (χ0v) is 14.5. The zero-order chi connectivity index (χ0) is 17.3. The van der Waals surface area contributed by atoms with Crippen molar-refractivity contribution < 1.29 is 19.4 Å². The van der Waals surface area contributed by atoms with Crippen molar-refractivity contribution in [3.05, 3.63) is 46.4 Å². The van der Waals surface area contributed by atoms with Crippen LogP contribution in [0.1, 0.15) is 18.9 Å². The Morgan fingerprint density at radius 2 is 2.21 bits per heavy atom. The molecule has 0 aromatic heterocycles. The fourth-order valence-corrected chi connectivity index (χ4v) is 3.78. The van der Waals surface area contributed by atoms with Crippen LogP contribution in [0.3, 0.4) is 0 Å². The lowest BCUT2D eigenvalue weighted by atomic mass is 10.0. The summed E-state index contributed by atoms with van der Waals surface area (Å²) in [4.78, 5) is 25.0. The van der Waals surface area contributed by atoms with E-state index in [1.54, 1.807) is 6.08 Å². The number of fused-ring (bicyclic) bond motifs is 1. The van der Waals surface area contributed by atoms with E-state index < -0.39 is 5.97 Å². The molecule has 0 aliphatic carbocycles. The smallest absolute Gasteiger partial charge is 0.305 e. The van der Waals surface area contributed by atoms with E-state index in [9.17, 15) is 9.59 Å². The predicted octanol–water partition coefficient (Wildman–Crippen LogP) is 3.07. The molecule has 7 heteroatoms. The van der Waals surface area contributed by atoms with Gasteiger partial charge in [-0.3, -0.25) is 14.5 Å². The minimum Gasteiger partial charge on any atom is -0.485 e. The summed E-state index contributed by atoms with van der Waals surface area (Å²) in [6.45, 7) is 2.01. The third-order valence-corrected chi connectivity index (χ3v) is 5.11. The standard InChI is InChI=1S/C17H15NO4S2/c1-10-12(8-11-4-2-3-5-13(11)22-10)9-14-16(21)18(17(23)24-14)7-6-15(19)20/h2-5,8-10H,6-7H2,1H3,(H,19,20)/b14-9-. The molecule has 2 heterocycles. The molecule has 1 saturated heterocycles. The number of carboxylic acids is 1. The van der Waals surface area contributed by atoms with Crippen molar-refractivity contribution in [2.75, 3.05) is 6.54 Å². The Hall–Kier alpha value is -2.12. The van der Waals surface area contributed by atoms with E-state index in [0.717, 1.165) is 16.9 Å². The zero-order valence-electron chi connectivity index (χ0n) is 12.9. The van der Waals surface area contributed by atoms with Crippen LogP contribution in [0.4, 0.5) is 0 Å². The number of hydrogen-bond donors (Lipinski definition) is 1. The fourth-order valence-electron chi connectivity index (χ4n) is 2.47. The highest BCUT2D eigenvalue weighted by molar-refractivity contribution is 8.26. The van der Waals surface area contributed by atoms with Crippen molar-refractivity contribution in [2.45, 2.75) is 19.4 Å². The molecule has 1 aromatic carbocycles. The quantitative estimate of drug-likeness (QED) is 0.657. The Kier molecular flexibility index (Phi) is 4.73. The van der Waals surface area contributed by atoms with Gasteiger partial charge >= 0.3 is 5.97 Å². The summed E-state index contributed by atoms with van der Waals surface area (Å²) in [6, 6.07) is 7.70. The van der Waals surface area contributed by atoms with Crippen LogP contribution < -0.4 is 4.74 Å². The van der Waals surface area contributed by atoms with Gasteiger partial charge in [0, 0.05) is 12.1 Å². The number of carbonyl (C=O) groups is 2. The molecular formula is C17H15NO4S2. The van der Waals surface area contributed by atoms with Crippen molar-refractivity contribution in [1.29, 1.82) is 0 Å². The molecule has 0 bridgehead atoms. The van der Waals surface area contributed by atoms with Gasteiger partial charge in [-0.05, 0) is 30.7 Å². The number of para-hydroxylation sites is 1. The summed E-state index contributed by atoms with van der Waals surface area (Å²) in [5.41, 5.74) is 1.84. The molecule has 2 aliphatic heterocycles. The molecule has 0 radical (unpaired) electrons. The number of nitrogens with zero attached hydrogens (tertiary/aromatic N) is 1. The lowest BCUT2D eigenvalue weighted by molar-refractivity contribution is -0.137. The van der Waals surface area contributed by atoms with Gasteiger partial charge in [-0.1, -0.05) is 42.2 Å². The SMILES string of the molecule is CC1Oc2ccccc2C=C1/C=C1\SC(=S)N(CCC(=O)O)C1=O. The lowest BCUT2D eigenvalue weighted by Crippen LogP contribution is -2.30. The highest BCUT2D eigenvalue weighted by Gasteiger charge is 2.33. The summed E-state index contributed by atoms with van der Waals surface area (Å²) in [7, 11) is 0. The molecular weight excluding hydrogens is 346 g/mol. The van der Waals surface area contributed by atoms with Gasteiger partial charge in [0.2, 0.25) is 0 Å². The van der Waals surface area contributed by atoms with E-state index in [0.29, 0.717) is 9.23 Å². The van der Waals surface area contributed by atoms with Crippen LogP contribution in [0.5, 0.6) is 5.75 Å². The van der Waals surface area contributed by atoms with Crippen LogP contribution in [0.2, 0.25) is 0 Å². The number of ether oxygens (including phenoxy) is 1. The van der Waals surface area contributed by atoms with E-state index in [-0.39, 0.29) is 25.0 Å². The van der Waals surface area contributed by atoms with E-state index in [4.69, 9.17) is 22.1 Å². The monoisotopic (exact) mass is 361 g/mol. The van der Waals surface area contributed by atoms with Crippen LogP contribution in [-0.2, 0) is 9.59 Å². The van der Waals surface area contributed by atoms with Crippen molar-refractivity contribution in [2.24, 2.45) is 0 Å². The Balaban J connectivity index is 1.84. The van der Waals surface area contributed by atoms with Gasteiger partial charge in [0.05, 0.1) is 11.3 Å². The average Bonchev–Trinajstić information content (AvgIpc) is 2.80. The second kappa shape index (κ2) is 6.78. The number of rotatable bonds is 4. The van der Waals surface area contributed by atoms with Crippen molar-refractivity contribution >= 4 is 46.3 Å². The first-order valence-electron chi connectivity index (χ1n) is 7.40. The number of amides is 1. The number of thioether (sulfide) groups is 1. The predicted molar refractivity (Wildman–Crippen MR) is 96.7 cm³/mol. The van der Waals surface area contributed by atoms with Crippen LogP contribution >= 0.6 is 24.0 Å². The first-order chi connectivity index (χ1) is 11.5. The number of aliphatic carboxylic acids is 1. The largest absolute Gasteiger partial charge is 0.485 e. The average molecular weight is 361 g/mol. The maximum absolute atomic E-state index is 12.4. The van der Waals surface area contributed by atoms with E-state index in [2.05, 4.69) is 0 Å². The second-order valence-corrected chi connectivity index (χ2v) is 7.10. The molecule has 124 valence electrons. The maximum Gasteiger partial charge on any atom is 0.305 e. The first-order valence-corrected chi connectivity index (χ1v) is 8.62. The fraction of sp³-hybridized carbons (Fsp3) is 0.235. The molecule has 0 saturated carbocycles. The second-order valence-electron chi connectivity index (χ2n) is 5.42. The lowest BCUT2D eigenvalue weighted by Gasteiger charge is -2.23. The van der Waals surface area contributed by atoms with Gasteiger partial charge in [0.25, 0.3) is 5.91 Å². The topological polar surface area (TPSA) is 66.8 Å². The van der Waals surface area contributed by atoms with Crippen LogP contribution in [0.15, 0.2) is 40.8 Å². The molecule has 0 spiro atoms.